The van der Waals surface area contributed by atoms with Gasteiger partial charge in [0, 0.05) is 29.2 Å². The lowest BCUT2D eigenvalue weighted by molar-refractivity contribution is 0.295. The maximum atomic E-state index is 8.99. The summed E-state index contributed by atoms with van der Waals surface area (Å²) in [6.07, 6.45) is 0.591. The molecular weight excluding hydrogens is 280 g/mol. The second kappa shape index (κ2) is 5.02. The molecule has 0 aliphatic rings. The van der Waals surface area contributed by atoms with E-state index in [9.17, 15) is 0 Å². The average molecular weight is 295 g/mol. The molecule has 17 heavy (non-hydrogen) atoms. The van der Waals surface area contributed by atoms with E-state index >= 15 is 0 Å². The van der Waals surface area contributed by atoms with Crippen LogP contribution in [0.1, 0.15) is 11.5 Å². The maximum Gasteiger partial charge on any atom is 0.111 e. The third-order valence-electron chi connectivity index (χ3n) is 2.93. The normalized spacial score (nSPS) is 10.8. The van der Waals surface area contributed by atoms with Crippen molar-refractivity contribution < 1.29 is 5.11 Å². The molecule has 0 aliphatic heterocycles. The van der Waals surface area contributed by atoms with Crippen LogP contribution in [-0.2, 0) is 13.5 Å². The molecule has 90 valence electrons. The Labute approximate surface area is 109 Å². The van der Waals surface area contributed by atoms with Crippen LogP contribution in [0.4, 0.5) is 0 Å². The van der Waals surface area contributed by atoms with Crippen LogP contribution < -0.4 is 0 Å². The van der Waals surface area contributed by atoms with Crippen LogP contribution in [0.15, 0.2) is 28.7 Å². The molecule has 1 heterocycles. The largest absolute Gasteiger partial charge is 0.396 e. The number of aliphatic hydroxyl groups excluding tert-OH is 1. The van der Waals surface area contributed by atoms with Crippen molar-refractivity contribution in [2.75, 3.05) is 6.61 Å². The molecular formula is C13H15BrN2O. The lowest BCUT2D eigenvalue weighted by Gasteiger charge is -2.01. The van der Waals surface area contributed by atoms with Crippen molar-refractivity contribution in [2.24, 2.45) is 7.05 Å². The average Bonchev–Trinajstić information content (AvgIpc) is 2.59. The molecule has 0 spiro atoms. The Balaban J connectivity index is 2.45. The van der Waals surface area contributed by atoms with Gasteiger partial charge in [0.05, 0.1) is 12.3 Å². The molecule has 3 nitrogen and oxygen atoms in total. The third-order valence-corrected chi connectivity index (χ3v) is 3.46. The van der Waals surface area contributed by atoms with Crippen molar-refractivity contribution in [3.8, 4) is 11.3 Å². The van der Waals surface area contributed by atoms with Crippen LogP contribution in [0.25, 0.3) is 11.3 Å². The Morgan fingerprint density at radius 2 is 1.94 bits per heavy atom. The summed E-state index contributed by atoms with van der Waals surface area (Å²) in [7, 11) is 1.98. The highest BCUT2D eigenvalue weighted by Gasteiger charge is 2.12. The van der Waals surface area contributed by atoms with E-state index in [1.54, 1.807) is 0 Å². The van der Waals surface area contributed by atoms with Gasteiger partial charge in [0.25, 0.3) is 0 Å². The van der Waals surface area contributed by atoms with E-state index < -0.39 is 0 Å². The molecule has 0 saturated carbocycles. The number of rotatable bonds is 3. The second-order valence-electron chi connectivity index (χ2n) is 4.00. The van der Waals surface area contributed by atoms with E-state index in [0.29, 0.717) is 6.42 Å². The highest BCUT2D eigenvalue weighted by atomic mass is 79.9. The van der Waals surface area contributed by atoms with Crippen LogP contribution in [0, 0.1) is 6.92 Å². The van der Waals surface area contributed by atoms with Gasteiger partial charge in [-0.2, -0.15) is 0 Å². The molecule has 0 atom stereocenters. The van der Waals surface area contributed by atoms with E-state index in [-0.39, 0.29) is 6.61 Å². The zero-order chi connectivity index (χ0) is 12.4. The van der Waals surface area contributed by atoms with Crippen molar-refractivity contribution in [1.82, 2.24) is 9.55 Å². The van der Waals surface area contributed by atoms with Crippen molar-refractivity contribution in [3.63, 3.8) is 0 Å². The Morgan fingerprint density at radius 3 is 2.53 bits per heavy atom. The number of hydrogen-bond acceptors (Lipinski definition) is 2. The Bertz CT molecular complexity index is 517. The smallest absolute Gasteiger partial charge is 0.111 e. The summed E-state index contributed by atoms with van der Waals surface area (Å²) in [6, 6.07) is 8.11. The standard InChI is InChI=1S/C13H15BrN2O/c1-9-13(10-3-5-11(14)6-4-10)15-12(7-8-17)16(9)2/h3-6,17H,7-8H2,1-2H3. The first kappa shape index (κ1) is 12.3. The first-order valence-corrected chi connectivity index (χ1v) is 6.31. The van der Waals surface area contributed by atoms with Crippen LogP contribution in [0.2, 0.25) is 0 Å². The predicted molar refractivity (Wildman–Crippen MR) is 71.9 cm³/mol. The number of aliphatic hydroxyl groups is 1. The van der Waals surface area contributed by atoms with Gasteiger partial charge in [-0.15, -0.1) is 0 Å². The van der Waals surface area contributed by atoms with Gasteiger partial charge in [-0.25, -0.2) is 4.98 Å². The number of halogens is 1. The minimum Gasteiger partial charge on any atom is -0.396 e. The van der Waals surface area contributed by atoms with Gasteiger partial charge in [-0.1, -0.05) is 28.1 Å². The SMILES string of the molecule is Cc1c(-c2ccc(Br)cc2)nc(CCO)n1C. The Morgan fingerprint density at radius 1 is 1.29 bits per heavy atom. The van der Waals surface area contributed by atoms with Gasteiger partial charge in [0.15, 0.2) is 0 Å². The van der Waals surface area contributed by atoms with Crippen molar-refractivity contribution >= 4 is 15.9 Å². The van der Waals surface area contributed by atoms with Crippen molar-refractivity contribution in [3.05, 3.63) is 40.3 Å². The van der Waals surface area contributed by atoms with Gasteiger partial charge in [0.2, 0.25) is 0 Å². The van der Waals surface area contributed by atoms with E-state index in [0.717, 1.165) is 27.2 Å². The summed E-state index contributed by atoms with van der Waals surface area (Å²) in [5.41, 5.74) is 3.21. The van der Waals surface area contributed by atoms with Crippen LogP contribution in [0.5, 0.6) is 0 Å². The Hall–Kier alpha value is -1.13. The van der Waals surface area contributed by atoms with E-state index in [2.05, 4.69) is 20.9 Å². The minimum absolute atomic E-state index is 0.129. The molecule has 0 aliphatic carbocycles. The summed E-state index contributed by atoms with van der Waals surface area (Å²) in [6.45, 7) is 2.18. The monoisotopic (exact) mass is 294 g/mol. The molecule has 2 rings (SSSR count). The highest BCUT2D eigenvalue weighted by Crippen LogP contribution is 2.24. The summed E-state index contributed by atoms with van der Waals surface area (Å²) in [5, 5.41) is 8.99. The van der Waals surface area contributed by atoms with Gasteiger partial charge < -0.3 is 9.67 Å². The number of nitrogens with zero attached hydrogens (tertiary/aromatic N) is 2. The summed E-state index contributed by atoms with van der Waals surface area (Å²) in [4.78, 5) is 4.59. The van der Waals surface area contributed by atoms with Gasteiger partial charge in [-0.05, 0) is 19.1 Å². The quantitative estimate of drug-likeness (QED) is 0.945. The number of hydrogen-bond donors (Lipinski definition) is 1. The zero-order valence-corrected chi connectivity index (χ0v) is 11.5. The number of imidazole rings is 1. The summed E-state index contributed by atoms with van der Waals surface area (Å²) < 4.78 is 3.10. The van der Waals surface area contributed by atoms with Crippen molar-refractivity contribution in [2.45, 2.75) is 13.3 Å². The molecule has 0 unspecified atom stereocenters. The summed E-state index contributed by atoms with van der Waals surface area (Å²) >= 11 is 3.42. The molecule has 0 radical (unpaired) electrons. The Kier molecular flexibility index (Phi) is 3.64. The molecule has 0 amide bonds. The molecule has 1 N–H and O–H groups in total. The molecule has 0 saturated heterocycles. The van der Waals surface area contributed by atoms with Gasteiger partial charge in [-0.3, -0.25) is 0 Å². The molecule has 1 aromatic heterocycles. The van der Waals surface area contributed by atoms with E-state index in [1.807, 2.05) is 42.8 Å². The first-order chi connectivity index (χ1) is 8.13. The first-order valence-electron chi connectivity index (χ1n) is 5.52. The topological polar surface area (TPSA) is 38.1 Å². The lowest BCUT2D eigenvalue weighted by Crippen LogP contribution is -2.01. The van der Waals surface area contributed by atoms with E-state index in [1.165, 1.54) is 0 Å². The molecule has 1 aromatic carbocycles. The van der Waals surface area contributed by atoms with Crippen molar-refractivity contribution in [1.29, 1.82) is 0 Å². The fourth-order valence-corrected chi connectivity index (χ4v) is 2.11. The van der Waals surface area contributed by atoms with Crippen LogP contribution >= 0.6 is 15.9 Å². The third kappa shape index (κ3) is 2.42. The number of benzene rings is 1. The zero-order valence-electron chi connectivity index (χ0n) is 9.94. The molecule has 2 aromatic rings. The minimum atomic E-state index is 0.129. The van der Waals surface area contributed by atoms with Crippen LogP contribution in [-0.4, -0.2) is 21.3 Å². The molecule has 0 bridgehead atoms. The van der Waals surface area contributed by atoms with Gasteiger partial charge in [0.1, 0.15) is 5.82 Å². The van der Waals surface area contributed by atoms with E-state index in [4.69, 9.17) is 5.11 Å². The van der Waals surface area contributed by atoms with Crippen LogP contribution in [0.3, 0.4) is 0 Å². The molecule has 0 fully saturated rings. The fraction of sp³-hybridized carbons (Fsp3) is 0.308. The molecule has 4 heteroatoms. The predicted octanol–water partition coefficient (Wildman–Crippen LogP) is 2.69. The lowest BCUT2D eigenvalue weighted by atomic mass is 10.1. The maximum absolute atomic E-state index is 8.99. The number of aromatic nitrogens is 2. The summed E-state index contributed by atoms with van der Waals surface area (Å²) in [5.74, 6) is 0.919. The highest BCUT2D eigenvalue weighted by molar-refractivity contribution is 9.10. The second-order valence-corrected chi connectivity index (χ2v) is 4.92. The van der Waals surface area contributed by atoms with Gasteiger partial charge >= 0.3 is 0 Å². The fourth-order valence-electron chi connectivity index (χ4n) is 1.84.